The molecule has 98 valence electrons. The van der Waals surface area contributed by atoms with Crippen molar-refractivity contribution in [3.63, 3.8) is 0 Å². The molecule has 2 atom stereocenters. The van der Waals surface area contributed by atoms with E-state index in [1.807, 2.05) is 0 Å². The third-order valence-corrected chi connectivity index (χ3v) is 4.41. The van der Waals surface area contributed by atoms with Crippen molar-refractivity contribution in [2.75, 3.05) is 7.11 Å². The lowest BCUT2D eigenvalue weighted by molar-refractivity contribution is -0.138. The van der Waals surface area contributed by atoms with Gasteiger partial charge < -0.3 is 9.84 Å². The first-order valence-corrected chi connectivity index (χ1v) is 6.45. The van der Waals surface area contributed by atoms with Crippen LogP contribution in [0, 0.1) is 5.92 Å². The summed E-state index contributed by atoms with van der Waals surface area (Å²) in [6.07, 6.45) is 0. The average Bonchev–Trinajstić information content (AvgIpc) is 2.81. The number of aliphatic carboxylic acids is 1. The van der Waals surface area contributed by atoms with Gasteiger partial charge in [-0.15, -0.1) is 0 Å². The Morgan fingerprint density at radius 3 is 2.17 bits per heavy atom. The van der Waals surface area contributed by atoms with Crippen LogP contribution >= 0.6 is 46.4 Å². The standard InChI is InChI=1S/C11H8Cl4O3/c1-18-9-5(12)2-4(3-6(9)13)7-8(10(16)17)11(7,14)15/h2-3,7-8H,1H3,(H,16,17). The van der Waals surface area contributed by atoms with Gasteiger partial charge in [-0.1, -0.05) is 46.4 Å². The van der Waals surface area contributed by atoms with Crippen LogP contribution in [0.3, 0.4) is 0 Å². The second kappa shape index (κ2) is 4.64. The molecule has 1 aromatic carbocycles. The molecule has 0 heterocycles. The number of hydrogen-bond donors (Lipinski definition) is 1. The maximum atomic E-state index is 11.0. The van der Waals surface area contributed by atoms with Crippen molar-refractivity contribution >= 4 is 52.4 Å². The fraction of sp³-hybridized carbons (Fsp3) is 0.364. The van der Waals surface area contributed by atoms with Crippen LogP contribution in [0.5, 0.6) is 5.75 Å². The first kappa shape index (κ1) is 14.1. The predicted octanol–water partition coefficient (Wildman–Crippen LogP) is 3.97. The van der Waals surface area contributed by atoms with Crippen LogP contribution in [-0.2, 0) is 4.79 Å². The van der Waals surface area contributed by atoms with Crippen molar-refractivity contribution in [1.82, 2.24) is 0 Å². The number of hydrogen-bond acceptors (Lipinski definition) is 2. The van der Waals surface area contributed by atoms with Crippen LogP contribution in [-0.4, -0.2) is 22.5 Å². The Morgan fingerprint density at radius 2 is 1.83 bits per heavy atom. The lowest BCUT2D eigenvalue weighted by Gasteiger charge is -2.08. The molecule has 2 unspecified atom stereocenters. The van der Waals surface area contributed by atoms with Gasteiger partial charge in [-0.25, -0.2) is 0 Å². The van der Waals surface area contributed by atoms with Crippen molar-refractivity contribution in [3.8, 4) is 5.75 Å². The van der Waals surface area contributed by atoms with Gasteiger partial charge in [-0.2, -0.15) is 0 Å². The molecule has 1 fully saturated rings. The summed E-state index contributed by atoms with van der Waals surface area (Å²) in [6.45, 7) is 0. The molecule has 1 N–H and O–H groups in total. The molecule has 0 bridgehead atoms. The van der Waals surface area contributed by atoms with E-state index in [-0.39, 0.29) is 0 Å². The molecule has 0 amide bonds. The number of benzene rings is 1. The van der Waals surface area contributed by atoms with E-state index in [0.717, 1.165) is 0 Å². The van der Waals surface area contributed by atoms with E-state index in [1.54, 1.807) is 12.1 Å². The van der Waals surface area contributed by atoms with Crippen LogP contribution < -0.4 is 4.74 Å². The Kier molecular flexibility index (Phi) is 3.63. The van der Waals surface area contributed by atoms with E-state index in [9.17, 15) is 4.79 Å². The molecule has 0 aromatic heterocycles. The highest BCUT2D eigenvalue weighted by atomic mass is 35.5. The molecule has 0 aliphatic heterocycles. The monoisotopic (exact) mass is 328 g/mol. The quantitative estimate of drug-likeness (QED) is 0.853. The summed E-state index contributed by atoms with van der Waals surface area (Å²) in [7, 11) is 1.44. The summed E-state index contributed by atoms with van der Waals surface area (Å²) in [5.74, 6) is -2.10. The fourth-order valence-corrected chi connectivity index (χ4v) is 3.48. The van der Waals surface area contributed by atoms with E-state index in [1.165, 1.54) is 7.11 Å². The van der Waals surface area contributed by atoms with Gasteiger partial charge in [0.05, 0.1) is 23.1 Å². The summed E-state index contributed by atoms with van der Waals surface area (Å²) in [4.78, 5) is 11.0. The Morgan fingerprint density at radius 1 is 1.33 bits per heavy atom. The summed E-state index contributed by atoms with van der Waals surface area (Å²) in [5, 5.41) is 9.58. The molecule has 0 radical (unpaired) electrons. The van der Waals surface area contributed by atoms with Gasteiger partial charge in [0.1, 0.15) is 4.33 Å². The first-order valence-electron chi connectivity index (χ1n) is 4.94. The van der Waals surface area contributed by atoms with E-state index in [2.05, 4.69) is 0 Å². The molecule has 0 spiro atoms. The Hall–Kier alpha value is -0.350. The Labute approximate surface area is 124 Å². The van der Waals surface area contributed by atoms with Gasteiger partial charge in [0, 0.05) is 5.92 Å². The average molecular weight is 330 g/mol. The van der Waals surface area contributed by atoms with E-state index in [0.29, 0.717) is 21.4 Å². The number of halogens is 4. The molecule has 1 saturated carbocycles. The van der Waals surface area contributed by atoms with Crippen LogP contribution in [0.2, 0.25) is 10.0 Å². The van der Waals surface area contributed by atoms with Gasteiger partial charge >= 0.3 is 5.97 Å². The molecule has 1 aliphatic carbocycles. The summed E-state index contributed by atoms with van der Waals surface area (Å²) in [5.41, 5.74) is 0.586. The third-order valence-electron chi connectivity index (χ3n) is 2.90. The summed E-state index contributed by atoms with van der Waals surface area (Å²) >= 11 is 23.9. The van der Waals surface area contributed by atoms with Crippen LogP contribution in [0.15, 0.2) is 12.1 Å². The molecule has 7 heteroatoms. The number of methoxy groups -OCH3 is 1. The molecular weight excluding hydrogens is 322 g/mol. The lowest BCUT2D eigenvalue weighted by Crippen LogP contribution is -2.03. The number of alkyl halides is 2. The molecule has 0 saturated heterocycles. The number of ether oxygens (including phenoxy) is 1. The minimum Gasteiger partial charge on any atom is -0.494 e. The first-order chi connectivity index (χ1) is 8.30. The number of carboxylic acids is 1. The number of carbonyl (C=O) groups is 1. The minimum atomic E-state index is -1.33. The highest BCUT2D eigenvalue weighted by Crippen LogP contribution is 2.65. The van der Waals surface area contributed by atoms with E-state index >= 15 is 0 Å². The van der Waals surface area contributed by atoms with E-state index < -0.39 is 22.1 Å². The molecule has 3 nitrogen and oxygen atoms in total. The van der Waals surface area contributed by atoms with E-state index in [4.69, 9.17) is 56.2 Å². The minimum absolute atomic E-state index is 0.292. The molecule has 1 aromatic rings. The Balaban J connectivity index is 2.40. The van der Waals surface area contributed by atoms with Gasteiger partial charge in [-0.3, -0.25) is 4.79 Å². The zero-order valence-electron chi connectivity index (χ0n) is 9.08. The predicted molar refractivity (Wildman–Crippen MR) is 71.3 cm³/mol. The zero-order valence-corrected chi connectivity index (χ0v) is 12.1. The maximum Gasteiger partial charge on any atom is 0.310 e. The van der Waals surface area contributed by atoms with Gasteiger partial charge in [-0.05, 0) is 17.7 Å². The highest BCUT2D eigenvalue weighted by Gasteiger charge is 2.68. The topological polar surface area (TPSA) is 46.5 Å². The van der Waals surface area contributed by atoms with Gasteiger partial charge in [0.2, 0.25) is 0 Å². The fourth-order valence-electron chi connectivity index (χ4n) is 2.00. The van der Waals surface area contributed by atoms with Crippen molar-refractivity contribution in [2.45, 2.75) is 10.3 Å². The zero-order chi connectivity index (χ0) is 13.7. The van der Waals surface area contributed by atoms with Crippen LogP contribution in [0.4, 0.5) is 0 Å². The lowest BCUT2D eigenvalue weighted by atomic mass is 10.1. The molecule has 2 rings (SSSR count). The number of carboxylic acid groups (broad SMARTS) is 1. The normalized spacial score (nSPS) is 24.7. The van der Waals surface area contributed by atoms with Gasteiger partial charge in [0.25, 0.3) is 0 Å². The van der Waals surface area contributed by atoms with Crippen LogP contribution in [0.25, 0.3) is 0 Å². The smallest absolute Gasteiger partial charge is 0.310 e. The summed E-state index contributed by atoms with van der Waals surface area (Å²) in [6, 6.07) is 3.14. The maximum absolute atomic E-state index is 11.0. The highest BCUT2D eigenvalue weighted by molar-refractivity contribution is 6.53. The second-order valence-corrected chi connectivity index (χ2v) is 6.24. The largest absolute Gasteiger partial charge is 0.494 e. The van der Waals surface area contributed by atoms with Gasteiger partial charge in [0.15, 0.2) is 5.75 Å². The number of rotatable bonds is 3. The molecule has 1 aliphatic rings. The van der Waals surface area contributed by atoms with Crippen LogP contribution in [0.1, 0.15) is 11.5 Å². The summed E-state index contributed by atoms with van der Waals surface area (Å²) < 4.78 is 3.68. The second-order valence-electron chi connectivity index (χ2n) is 3.99. The molecular formula is C11H8Cl4O3. The van der Waals surface area contributed by atoms with Crippen molar-refractivity contribution in [1.29, 1.82) is 0 Å². The Bertz CT molecular complexity index is 492. The third kappa shape index (κ3) is 2.14. The SMILES string of the molecule is COc1c(Cl)cc(C2C(C(=O)O)C2(Cl)Cl)cc1Cl. The van der Waals surface area contributed by atoms with Crippen molar-refractivity contribution in [3.05, 3.63) is 27.7 Å². The van der Waals surface area contributed by atoms with Crippen molar-refractivity contribution in [2.24, 2.45) is 5.92 Å². The molecule has 18 heavy (non-hydrogen) atoms. The van der Waals surface area contributed by atoms with Crippen molar-refractivity contribution < 1.29 is 14.6 Å².